The van der Waals surface area contributed by atoms with Gasteiger partial charge in [-0.15, -0.1) is 11.3 Å². The van der Waals surface area contributed by atoms with Crippen LogP contribution in [0.15, 0.2) is 46.7 Å². The van der Waals surface area contributed by atoms with Gasteiger partial charge < -0.3 is 5.11 Å². The Morgan fingerprint density at radius 2 is 1.46 bits per heavy atom. The Hall–Kier alpha value is -2.79. The summed E-state index contributed by atoms with van der Waals surface area (Å²) in [7, 11) is -3.39. The van der Waals surface area contributed by atoms with Crippen LogP contribution in [0, 0.1) is 0 Å². The normalized spacial score (nSPS) is 13.8. The number of rotatable bonds is 5. The van der Waals surface area contributed by atoms with Gasteiger partial charge in [-0.3, -0.25) is 9.40 Å². The SMILES string of the molecule is Cn1nc(-c2ccc(S(=O)(=O)Nc3ccc(C(O)(C(F)(F)F)C(F)(F)F)cc3)s2)cc1C(F)(F)F. The Kier molecular flexibility index (Phi) is 6.44. The third-order valence-electron chi connectivity index (χ3n) is 4.64. The molecule has 6 nitrogen and oxygen atoms in total. The van der Waals surface area contributed by atoms with Crippen molar-refractivity contribution in [2.45, 2.75) is 28.3 Å². The number of sulfonamides is 1. The van der Waals surface area contributed by atoms with Gasteiger partial charge in [0.25, 0.3) is 15.6 Å². The summed E-state index contributed by atoms with van der Waals surface area (Å²) in [4.78, 5) is 0.0484. The average molecular weight is 553 g/mol. The average Bonchev–Trinajstić information content (AvgIpc) is 3.33. The highest BCUT2D eigenvalue weighted by molar-refractivity contribution is 7.94. The van der Waals surface area contributed by atoms with Crippen LogP contribution in [0.25, 0.3) is 10.6 Å². The molecule has 0 spiro atoms. The molecule has 0 saturated carbocycles. The van der Waals surface area contributed by atoms with Crippen LogP contribution in [0.4, 0.5) is 45.2 Å². The van der Waals surface area contributed by atoms with E-state index >= 15 is 0 Å². The molecule has 0 atom stereocenters. The summed E-state index contributed by atoms with van der Waals surface area (Å²) in [6, 6.07) is 4.59. The molecule has 0 radical (unpaired) electrons. The maximum absolute atomic E-state index is 13.0. The molecule has 0 aliphatic heterocycles. The summed E-state index contributed by atoms with van der Waals surface area (Å²) >= 11 is 0.528. The lowest BCUT2D eigenvalue weighted by atomic mass is 9.92. The molecule has 0 bridgehead atoms. The summed E-state index contributed by atoms with van der Waals surface area (Å²) in [6.45, 7) is 0. The first-order valence-corrected chi connectivity index (χ1v) is 11.3. The van der Waals surface area contributed by atoms with Gasteiger partial charge in [0.15, 0.2) is 0 Å². The topological polar surface area (TPSA) is 84.2 Å². The van der Waals surface area contributed by atoms with Crippen molar-refractivity contribution in [1.29, 1.82) is 0 Å². The Morgan fingerprint density at radius 1 is 0.914 bits per heavy atom. The van der Waals surface area contributed by atoms with E-state index in [4.69, 9.17) is 0 Å². The van der Waals surface area contributed by atoms with Gasteiger partial charge in [0.2, 0.25) is 0 Å². The second-order valence-corrected chi connectivity index (χ2v) is 10.0. The number of aryl methyl sites for hydroxylation is 1. The number of aliphatic hydroxyl groups is 1. The number of hydrogen-bond acceptors (Lipinski definition) is 5. The molecule has 192 valence electrons. The molecule has 0 fully saturated rings. The molecule has 0 unspecified atom stereocenters. The maximum Gasteiger partial charge on any atom is 0.433 e. The predicted molar refractivity (Wildman–Crippen MR) is 105 cm³/mol. The first-order chi connectivity index (χ1) is 15.8. The van der Waals surface area contributed by atoms with Crippen LogP contribution >= 0.6 is 11.3 Å². The Bertz CT molecular complexity index is 1310. The van der Waals surface area contributed by atoms with Crippen LogP contribution in [-0.4, -0.2) is 35.7 Å². The molecule has 1 aromatic carbocycles. The number of hydrogen-bond donors (Lipinski definition) is 2. The van der Waals surface area contributed by atoms with Crippen molar-refractivity contribution in [3.8, 4) is 10.6 Å². The van der Waals surface area contributed by atoms with E-state index in [0.717, 1.165) is 13.1 Å². The van der Waals surface area contributed by atoms with Gasteiger partial charge in [-0.2, -0.15) is 44.6 Å². The smallest absolute Gasteiger partial charge is 0.369 e. The van der Waals surface area contributed by atoms with Crippen molar-refractivity contribution < 1.29 is 53.0 Å². The summed E-state index contributed by atoms with van der Waals surface area (Å²) < 4.78 is 144. The number of aromatic nitrogens is 2. The first kappa shape index (κ1) is 26.8. The van der Waals surface area contributed by atoms with E-state index in [1.54, 1.807) is 0 Å². The van der Waals surface area contributed by atoms with Gasteiger partial charge in [0.1, 0.15) is 15.6 Å². The van der Waals surface area contributed by atoms with E-state index in [2.05, 4.69) is 5.10 Å². The lowest BCUT2D eigenvalue weighted by molar-refractivity contribution is -0.376. The second-order valence-electron chi connectivity index (χ2n) is 7.04. The Labute approximate surface area is 194 Å². The fourth-order valence-corrected chi connectivity index (χ4v) is 5.25. The molecular formula is C18H12F9N3O3S2. The highest BCUT2D eigenvalue weighted by Crippen LogP contribution is 2.50. The zero-order chi connectivity index (χ0) is 26.6. The monoisotopic (exact) mass is 553 g/mol. The Balaban J connectivity index is 1.87. The molecule has 17 heteroatoms. The van der Waals surface area contributed by atoms with Crippen LogP contribution < -0.4 is 4.72 Å². The molecule has 0 saturated heterocycles. The molecule has 2 aromatic heterocycles. The van der Waals surface area contributed by atoms with Crippen molar-refractivity contribution in [3.05, 3.63) is 53.7 Å². The quantitative estimate of drug-likeness (QED) is 0.422. The van der Waals surface area contributed by atoms with Gasteiger partial charge in [0.05, 0.1) is 4.88 Å². The van der Waals surface area contributed by atoms with E-state index in [1.807, 2.05) is 4.72 Å². The highest BCUT2D eigenvalue weighted by atomic mass is 32.2. The summed E-state index contributed by atoms with van der Waals surface area (Å²) in [5.74, 6) is 0. The van der Waals surface area contributed by atoms with Crippen LogP contribution in [0.2, 0.25) is 0 Å². The molecule has 2 heterocycles. The lowest BCUT2D eigenvalue weighted by Gasteiger charge is -2.32. The summed E-state index contributed by atoms with van der Waals surface area (Å²) in [5.41, 5.74) is -8.46. The van der Waals surface area contributed by atoms with Crippen LogP contribution in [0.1, 0.15) is 11.3 Å². The standard InChI is InChI=1S/C18H12F9N3O3S2/c1-30-13(16(19,20)21)8-11(28-30)12-6-7-14(34-12)35(32,33)29-10-4-2-9(3-5-10)15(31,17(22,23)24)18(25,26)27/h2-8,29,31H,1H3. The van der Waals surface area contributed by atoms with Crippen LogP contribution in [-0.2, 0) is 28.8 Å². The number of nitrogens with one attached hydrogen (secondary N) is 1. The molecule has 0 aliphatic carbocycles. The number of halogens is 9. The molecule has 35 heavy (non-hydrogen) atoms. The largest absolute Gasteiger partial charge is 0.433 e. The number of alkyl halides is 9. The second kappa shape index (κ2) is 8.41. The zero-order valence-corrected chi connectivity index (χ0v) is 18.6. The lowest BCUT2D eigenvalue weighted by Crippen LogP contribution is -2.53. The van der Waals surface area contributed by atoms with Gasteiger partial charge in [-0.25, -0.2) is 8.42 Å². The number of thiophene rings is 1. The van der Waals surface area contributed by atoms with Crippen molar-refractivity contribution in [1.82, 2.24) is 9.78 Å². The predicted octanol–water partition coefficient (Wildman–Crippen LogP) is 5.28. The minimum absolute atomic E-state index is 0.0484. The van der Waals surface area contributed by atoms with Crippen molar-refractivity contribution in [2.24, 2.45) is 7.05 Å². The molecule has 0 amide bonds. The van der Waals surface area contributed by atoms with Crippen molar-refractivity contribution in [3.63, 3.8) is 0 Å². The van der Waals surface area contributed by atoms with E-state index < -0.39 is 55.3 Å². The molecule has 2 N–H and O–H groups in total. The van der Waals surface area contributed by atoms with E-state index in [-0.39, 0.29) is 22.7 Å². The van der Waals surface area contributed by atoms with Gasteiger partial charge in [0, 0.05) is 18.3 Å². The van der Waals surface area contributed by atoms with E-state index in [0.29, 0.717) is 34.2 Å². The third-order valence-corrected chi connectivity index (χ3v) is 7.63. The number of anilines is 1. The zero-order valence-electron chi connectivity index (χ0n) is 16.9. The highest BCUT2D eigenvalue weighted by Gasteiger charge is 2.71. The van der Waals surface area contributed by atoms with Crippen molar-refractivity contribution in [2.75, 3.05) is 4.72 Å². The van der Waals surface area contributed by atoms with Crippen molar-refractivity contribution >= 4 is 27.0 Å². The third kappa shape index (κ3) is 4.97. The van der Waals surface area contributed by atoms with Gasteiger partial charge in [-0.05, 0) is 30.3 Å². The fraction of sp³-hybridized carbons (Fsp3) is 0.278. The number of nitrogens with zero attached hydrogens (tertiary/aromatic N) is 2. The first-order valence-electron chi connectivity index (χ1n) is 8.98. The minimum Gasteiger partial charge on any atom is -0.369 e. The van der Waals surface area contributed by atoms with Gasteiger partial charge >= 0.3 is 18.5 Å². The summed E-state index contributed by atoms with van der Waals surface area (Å²) in [6.07, 6.45) is -16.9. The van der Waals surface area contributed by atoms with E-state index in [9.17, 15) is 53.0 Å². The number of benzene rings is 1. The van der Waals surface area contributed by atoms with Gasteiger partial charge in [-0.1, -0.05) is 12.1 Å². The molecule has 3 rings (SSSR count). The molecule has 3 aromatic rings. The van der Waals surface area contributed by atoms with E-state index in [1.165, 1.54) is 6.07 Å². The Morgan fingerprint density at radius 3 is 1.91 bits per heavy atom. The molecular weight excluding hydrogens is 541 g/mol. The van der Waals surface area contributed by atoms with Crippen LogP contribution in [0.3, 0.4) is 0 Å². The fourth-order valence-electron chi connectivity index (χ4n) is 2.93. The summed E-state index contributed by atoms with van der Waals surface area (Å²) in [5, 5.41) is 13.1. The van der Waals surface area contributed by atoms with Crippen LogP contribution in [0.5, 0.6) is 0 Å². The minimum atomic E-state index is -6.11. The molecule has 0 aliphatic rings. The maximum atomic E-state index is 13.0.